The summed E-state index contributed by atoms with van der Waals surface area (Å²) in [5.74, 6) is -0.634. The summed E-state index contributed by atoms with van der Waals surface area (Å²) in [7, 11) is -3.01. The maximum absolute atomic E-state index is 12.6. The first kappa shape index (κ1) is 19.5. The van der Waals surface area contributed by atoms with Crippen molar-refractivity contribution in [1.82, 2.24) is 0 Å². The summed E-state index contributed by atoms with van der Waals surface area (Å²) < 4.78 is 35.1. The third kappa shape index (κ3) is 4.02. The Morgan fingerprint density at radius 3 is 2.39 bits per heavy atom. The maximum Gasteiger partial charge on any atom is 0.339 e. The normalized spacial score (nSPS) is 11.0. The van der Waals surface area contributed by atoms with Crippen molar-refractivity contribution in [3.8, 4) is 16.2 Å². The number of nitro benzene ring substituents is 1. The molecule has 0 aliphatic rings. The van der Waals surface area contributed by atoms with Crippen LogP contribution in [0.4, 0.5) is 5.69 Å². The third-order valence-electron chi connectivity index (χ3n) is 3.72. The number of hydrogen-bond acceptors (Lipinski definition) is 8. The lowest BCUT2D eigenvalue weighted by atomic mass is 10.1. The summed E-state index contributed by atoms with van der Waals surface area (Å²) in [6, 6.07) is 12.2. The lowest BCUT2D eigenvalue weighted by Crippen LogP contribution is -2.11. The molecule has 0 spiro atoms. The van der Waals surface area contributed by atoms with Crippen molar-refractivity contribution in [2.24, 2.45) is 0 Å². The Hall–Kier alpha value is -3.24. The van der Waals surface area contributed by atoms with Gasteiger partial charge in [-0.25, -0.2) is 4.79 Å². The van der Waals surface area contributed by atoms with E-state index >= 15 is 0 Å². The Balaban J connectivity index is 1.98. The summed E-state index contributed by atoms with van der Waals surface area (Å²) in [5.41, 5.74) is 0.297. The first-order valence-electron chi connectivity index (χ1n) is 7.77. The predicted molar refractivity (Wildman–Crippen MR) is 102 cm³/mol. The molecule has 0 aliphatic carbocycles. The Morgan fingerprint density at radius 2 is 1.82 bits per heavy atom. The molecule has 3 aromatic rings. The fourth-order valence-electron chi connectivity index (χ4n) is 2.37. The number of methoxy groups -OCH3 is 1. The van der Waals surface area contributed by atoms with Crippen molar-refractivity contribution >= 4 is 33.1 Å². The van der Waals surface area contributed by atoms with E-state index in [1.165, 1.54) is 60.9 Å². The number of hydrogen-bond donors (Lipinski definition) is 0. The van der Waals surface area contributed by atoms with Gasteiger partial charge in [0.2, 0.25) is 0 Å². The molecule has 8 nitrogen and oxygen atoms in total. The summed E-state index contributed by atoms with van der Waals surface area (Å²) in [6.45, 7) is 0. The highest BCUT2D eigenvalue weighted by molar-refractivity contribution is 7.87. The van der Waals surface area contributed by atoms with Crippen molar-refractivity contribution in [2.75, 3.05) is 7.11 Å². The van der Waals surface area contributed by atoms with Gasteiger partial charge in [0.1, 0.15) is 4.90 Å². The first-order valence-corrected chi connectivity index (χ1v) is 10.1. The summed E-state index contributed by atoms with van der Waals surface area (Å²) in [5, 5.41) is 12.8. The van der Waals surface area contributed by atoms with E-state index in [2.05, 4.69) is 4.74 Å². The van der Waals surface area contributed by atoms with E-state index in [0.717, 1.165) is 0 Å². The molecular formula is C18H13NO7S2. The van der Waals surface area contributed by atoms with Gasteiger partial charge in [0, 0.05) is 22.6 Å². The number of thiophene rings is 1. The molecule has 1 aromatic heterocycles. The number of non-ortho nitro benzene ring substituents is 1. The average Bonchev–Trinajstić information content (AvgIpc) is 3.22. The molecule has 0 fully saturated rings. The van der Waals surface area contributed by atoms with E-state index in [4.69, 9.17) is 4.18 Å². The smallest absolute Gasteiger partial charge is 0.339 e. The molecule has 3 rings (SSSR count). The second-order valence-electron chi connectivity index (χ2n) is 5.47. The van der Waals surface area contributed by atoms with Crippen molar-refractivity contribution in [3.05, 3.63) is 75.7 Å². The number of ether oxygens (including phenoxy) is 1. The summed E-state index contributed by atoms with van der Waals surface area (Å²) >= 11 is 1.29. The van der Waals surface area contributed by atoms with Crippen molar-refractivity contribution in [1.29, 1.82) is 0 Å². The van der Waals surface area contributed by atoms with Gasteiger partial charge >= 0.3 is 16.1 Å². The monoisotopic (exact) mass is 419 g/mol. The van der Waals surface area contributed by atoms with Crippen LogP contribution in [-0.2, 0) is 14.9 Å². The van der Waals surface area contributed by atoms with Crippen LogP contribution in [0.2, 0.25) is 0 Å². The molecule has 0 bridgehead atoms. The van der Waals surface area contributed by atoms with Crippen LogP contribution >= 0.6 is 11.3 Å². The fourth-order valence-corrected chi connectivity index (χ4v) is 4.07. The van der Waals surface area contributed by atoms with Gasteiger partial charge in [0.15, 0.2) is 5.75 Å². The van der Waals surface area contributed by atoms with Crippen LogP contribution in [0.15, 0.2) is 64.9 Å². The van der Waals surface area contributed by atoms with Gasteiger partial charge in [-0.05, 0) is 41.8 Å². The van der Waals surface area contributed by atoms with Crippen LogP contribution in [0.1, 0.15) is 10.4 Å². The molecule has 0 radical (unpaired) electrons. The molecule has 144 valence electrons. The van der Waals surface area contributed by atoms with E-state index in [1.807, 2.05) is 0 Å². The number of esters is 1. The van der Waals surface area contributed by atoms with Crippen molar-refractivity contribution in [2.45, 2.75) is 4.90 Å². The number of nitrogens with zero attached hydrogens (tertiary/aromatic N) is 1. The Morgan fingerprint density at radius 1 is 1.11 bits per heavy atom. The molecule has 0 unspecified atom stereocenters. The number of rotatable bonds is 6. The standard InChI is InChI=1S/C18H13NO7S2/c1-25-18(20)12-4-7-14(8-5-12)28(23,24)26-16-9-6-13(19(21)22)11-15(16)17-3-2-10-27-17/h2-11H,1H3. The zero-order valence-corrected chi connectivity index (χ0v) is 16.0. The molecule has 0 saturated carbocycles. The highest BCUT2D eigenvalue weighted by Crippen LogP contribution is 2.37. The topological polar surface area (TPSA) is 113 Å². The highest BCUT2D eigenvalue weighted by Gasteiger charge is 2.22. The van der Waals surface area contributed by atoms with E-state index in [-0.39, 0.29) is 21.9 Å². The van der Waals surface area contributed by atoms with Gasteiger partial charge < -0.3 is 8.92 Å². The fraction of sp³-hybridized carbons (Fsp3) is 0.0556. The Kier molecular flexibility index (Phi) is 5.43. The molecule has 1 heterocycles. The Labute approximate surface area is 164 Å². The molecule has 10 heteroatoms. The average molecular weight is 419 g/mol. The molecule has 0 saturated heterocycles. The quantitative estimate of drug-likeness (QED) is 0.258. The molecule has 0 aliphatic heterocycles. The van der Waals surface area contributed by atoms with Crippen molar-refractivity contribution in [3.63, 3.8) is 0 Å². The molecule has 0 amide bonds. The maximum atomic E-state index is 12.6. The largest absolute Gasteiger partial charge is 0.465 e. The number of benzene rings is 2. The molecule has 28 heavy (non-hydrogen) atoms. The number of carbonyl (C=O) groups is 1. The van der Waals surface area contributed by atoms with Gasteiger partial charge in [-0.15, -0.1) is 11.3 Å². The van der Waals surface area contributed by atoms with Gasteiger partial charge in [-0.3, -0.25) is 10.1 Å². The van der Waals surface area contributed by atoms with E-state index in [1.54, 1.807) is 17.5 Å². The van der Waals surface area contributed by atoms with Gasteiger partial charge in [-0.1, -0.05) is 6.07 Å². The molecule has 0 N–H and O–H groups in total. The zero-order chi connectivity index (χ0) is 20.3. The van der Waals surface area contributed by atoms with E-state index in [0.29, 0.717) is 10.4 Å². The van der Waals surface area contributed by atoms with Gasteiger partial charge in [-0.2, -0.15) is 8.42 Å². The van der Waals surface area contributed by atoms with Crippen LogP contribution in [-0.4, -0.2) is 26.4 Å². The van der Waals surface area contributed by atoms with Gasteiger partial charge in [0.05, 0.1) is 17.6 Å². The van der Waals surface area contributed by atoms with Crippen LogP contribution < -0.4 is 4.18 Å². The lowest BCUT2D eigenvalue weighted by molar-refractivity contribution is -0.384. The minimum Gasteiger partial charge on any atom is -0.465 e. The minimum atomic E-state index is -4.23. The highest BCUT2D eigenvalue weighted by atomic mass is 32.2. The predicted octanol–water partition coefficient (Wildman–Crippen LogP) is 3.88. The van der Waals surface area contributed by atoms with Crippen LogP contribution in [0.25, 0.3) is 10.4 Å². The Bertz CT molecular complexity index is 1120. The molecule has 2 aromatic carbocycles. The SMILES string of the molecule is COC(=O)c1ccc(S(=O)(=O)Oc2ccc([N+](=O)[O-])cc2-c2cccs2)cc1. The number of nitro groups is 1. The second kappa shape index (κ2) is 7.79. The summed E-state index contributed by atoms with van der Waals surface area (Å²) in [4.78, 5) is 22.4. The van der Waals surface area contributed by atoms with Crippen molar-refractivity contribution < 1.29 is 27.1 Å². The molecular weight excluding hydrogens is 406 g/mol. The number of carbonyl (C=O) groups excluding carboxylic acids is 1. The lowest BCUT2D eigenvalue weighted by Gasteiger charge is -2.11. The zero-order valence-electron chi connectivity index (χ0n) is 14.4. The van der Waals surface area contributed by atoms with Crippen LogP contribution in [0.5, 0.6) is 5.75 Å². The van der Waals surface area contributed by atoms with Crippen LogP contribution in [0, 0.1) is 10.1 Å². The molecule has 0 atom stereocenters. The third-order valence-corrected chi connectivity index (χ3v) is 5.88. The second-order valence-corrected chi connectivity index (χ2v) is 7.96. The van der Waals surface area contributed by atoms with Crippen LogP contribution in [0.3, 0.4) is 0 Å². The van der Waals surface area contributed by atoms with E-state index < -0.39 is 21.0 Å². The minimum absolute atomic E-state index is 0.0369. The summed E-state index contributed by atoms with van der Waals surface area (Å²) in [6.07, 6.45) is 0. The first-order chi connectivity index (χ1) is 13.3. The van der Waals surface area contributed by atoms with E-state index in [9.17, 15) is 23.3 Å². The van der Waals surface area contributed by atoms with Gasteiger partial charge in [0.25, 0.3) is 5.69 Å².